The van der Waals surface area contributed by atoms with Gasteiger partial charge < -0.3 is 10.1 Å². The number of rotatable bonds is 6. The van der Waals surface area contributed by atoms with Crippen molar-refractivity contribution in [1.82, 2.24) is 5.32 Å². The van der Waals surface area contributed by atoms with Gasteiger partial charge in [0.05, 0.1) is 0 Å². The van der Waals surface area contributed by atoms with E-state index in [1.54, 1.807) is 6.07 Å². The van der Waals surface area contributed by atoms with Gasteiger partial charge in [0, 0.05) is 19.3 Å². The summed E-state index contributed by atoms with van der Waals surface area (Å²) in [5.74, 6) is 0.584. The highest BCUT2D eigenvalue weighted by molar-refractivity contribution is 5.26. The summed E-state index contributed by atoms with van der Waals surface area (Å²) in [5.41, 5.74) is 1.79. The Labute approximate surface area is 121 Å². The second-order valence-corrected chi connectivity index (χ2v) is 5.81. The van der Waals surface area contributed by atoms with Gasteiger partial charge in [-0.15, -0.1) is 0 Å². The van der Waals surface area contributed by atoms with Crippen LogP contribution >= 0.6 is 0 Å². The van der Waals surface area contributed by atoms with Gasteiger partial charge in [-0.25, -0.2) is 4.39 Å². The van der Waals surface area contributed by atoms with E-state index < -0.39 is 0 Å². The zero-order valence-electron chi connectivity index (χ0n) is 12.6. The monoisotopic (exact) mass is 279 g/mol. The molecular formula is C17H26FNO. The van der Waals surface area contributed by atoms with Crippen LogP contribution in [0.4, 0.5) is 4.39 Å². The number of halogens is 1. The number of aryl methyl sites for hydroxylation is 1. The van der Waals surface area contributed by atoms with Gasteiger partial charge in [0.1, 0.15) is 5.82 Å². The highest BCUT2D eigenvalue weighted by Crippen LogP contribution is 2.28. The van der Waals surface area contributed by atoms with Crippen molar-refractivity contribution >= 4 is 0 Å². The van der Waals surface area contributed by atoms with E-state index in [9.17, 15) is 4.39 Å². The molecule has 112 valence electrons. The van der Waals surface area contributed by atoms with Gasteiger partial charge in [0.15, 0.2) is 0 Å². The number of ether oxygens (including phenoxy) is 1. The summed E-state index contributed by atoms with van der Waals surface area (Å²) in [6.45, 7) is 6.69. The van der Waals surface area contributed by atoms with Crippen molar-refractivity contribution in [2.75, 3.05) is 19.8 Å². The van der Waals surface area contributed by atoms with Crippen LogP contribution in [0.5, 0.6) is 0 Å². The van der Waals surface area contributed by atoms with Crippen molar-refractivity contribution in [3.8, 4) is 0 Å². The Morgan fingerprint density at radius 2 is 2.10 bits per heavy atom. The molecular weight excluding hydrogens is 253 g/mol. The van der Waals surface area contributed by atoms with Crippen molar-refractivity contribution in [2.24, 2.45) is 5.92 Å². The first-order valence-electron chi connectivity index (χ1n) is 7.78. The molecule has 2 nitrogen and oxygen atoms in total. The van der Waals surface area contributed by atoms with E-state index >= 15 is 0 Å². The van der Waals surface area contributed by atoms with Crippen molar-refractivity contribution in [2.45, 2.75) is 45.6 Å². The molecule has 1 heterocycles. The molecule has 0 radical (unpaired) electrons. The maximum Gasteiger partial charge on any atom is 0.126 e. The van der Waals surface area contributed by atoms with E-state index in [1.807, 2.05) is 13.0 Å². The van der Waals surface area contributed by atoms with Gasteiger partial charge in [-0.3, -0.25) is 0 Å². The Hall–Kier alpha value is -0.930. The lowest BCUT2D eigenvalue weighted by molar-refractivity contribution is 0.0605. The summed E-state index contributed by atoms with van der Waals surface area (Å²) in [5, 5.41) is 3.57. The van der Waals surface area contributed by atoms with Crippen LogP contribution in [-0.2, 0) is 4.74 Å². The van der Waals surface area contributed by atoms with E-state index in [2.05, 4.69) is 18.3 Å². The Balaban J connectivity index is 2.06. The molecule has 1 saturated heterocycles. The molecule has 0 bridgehead atoms. The zero-order chi connectivity index (χ0) is 14.4. The summed E-state index contributed by atoms with van der Waals surface area (Å²) in [7, 11) is 0. The highest BCUT2D eigenvalue weighted by atomic mass is 19.1. The van der Waals surface area contributed by atoms with Gasteiger partial charge in [-0.05, 0) is 62.3 Å². The number of hydrogen-bond donors (Lipinski definition) is 1. The van der Waals surface area contributed by atoms with Gasteiger partial charge in [-0.2, -0.15) is 0 Å². The summed E-state index contributed by atoms with van der Waals surface area (Å²) in [4.78, 5) is 0. The lowest BCUT2D eigenvalue weighted by atomic mass is 9.89. The van der Waals surface area contributed by atoms with Crippen molar-refractivity contribution in [3.05, 3.63) is 35.1 Å². The SMILES string of the molecule is CCCNC(CC1CCOCC1)c1ccc(C)c(F)c1. The van der Waals surface area contributed by atoms with Crippen molar-refractivity contribution in [1.29, 1.82) is 0 Å². The summed E-state index contributed by atoms with van der Waals surface area (Å²) >= 11 is 0. The molecule has 1 atom stereocenters. The normalized spacial score (nSPS) is 18.1. The average Bonchev–Trinajstić information content (AvgIpc) is 2.47. The zero-order valence-corrected chi connectivity index (χ0v) is 12.6. The van der Waals surface area contributed by atoms with Crippen molar-refractivity contribution < 1.29 is 9.13 Å². The number of benzene rings is 1. The Morgan fingerprint density at radius 1 is 1.35 bits per heavy atom. The molecule has 1 fully saturated rings. The van der Waals surface area contributed by atoms with Gasteiger partial charge in [-0.1, -0.05) is 19.1 Å². The summed E-state index contributed by atoms with van der Waals surface area (Å²) in [6.07, 6.45) is 4.42. The first kappa shape index (κ1) is 15.5. The van der Waals surface area contributed by atoms with E-state index in [1.165, 1.54) is 0 Å². The molecule has 1 aliphatic rings. The van der Waals surface area contributed by atoms with E-state index in [0.29, 0.717) is 11.5 Å². The molecule has 1 N–H and O–H groups in total. The topological polar surface area (TPSA) is 21.3 Å². The Bertz CT molecular complexity index is 415. The fraction of sp³-hybridized carbons (Fsp3) is 0.647. The third kappa shape index (κ3) is 4.29. The van der Waals surface area contributed by atoms with Gasteiger partial charge in [0.2, 0.25) is 0 Å². The molecule has 20 heavy (non-hydrogen) atoms. The minimum absolute atomic E-state index is 0.0993. The van der Waals surface area contributed by atoms with Crippen LogP contribution < -0.4 is 5.32 Å². The molecule has 1 aromatic rings. The first-order chi connectivity index (χ1) is 9.70. The second-order valence-electron chi connectivity index (χ2n) is 5.81. The molecule has 0 aliphatic carbocycles. The third-order valence-corrected chi connectivity index (χ3v) is 4.15. The fourth-order valence-corrected chi connectivity index (χ4v) is 2.80. The number of hydrogen-bond acceptors (Lipinski definition) is 2. The van der Waals surface area contributed by atoms with Crippen LogP contribution in [0.15, 0.2) is 18.2 Å². The second kappa shape index (κ2) is 7.75. The average molecular weight is 279 g/mol. The summed E-state index contributed by atoms with van der Waals surface area (Å²) in [6, 6.07) is 5.90. The largest absolute Gasteiger partial charge is 0.381 e. The first-order valence-corrected chi connectivity index (χ1v) is 7.78. The molecule has 1 aliphatic heterocycles. The fourth-order valence-electron chi connectivity index (χ4n) is 2.80. The van der Waals surface area contributed by atoms with Crippen LogP contribution in [-0.4, -0.2) is 19.8 Å². The molecule has 0 amide bonds. The van der Waals surface area contributed by atoms with Crippen LogP contribution in [0.1, 0.15) is 49.8 Å². The lowest BCUT2D eigenvalue weighted by Gasteiger charge is -2.28. The van der Waals surface area contributed by atoms with Crippen LogP contribution in [0.3, 0.4) is 0 Å². The lowest BCUT2D eigenvalue weighted by Crippen LogP contribution is -2.27. The molecule has 0 spiro atoms. The standard InChI is InChI=1S/C17H26FNO/c1-3-8-19-17(11-14-6-9-20-10-7-14)15-5-4-13(2)16(18)12-15/h4-5,12,14,17,19H,3,6-11H2,1-2H3. The van der Waals surface area contributed by atoms with Crippen LogP contribution in [0.2, 0.25) is 0 Å². The Kier molecular flexibility index (Phi) is 5.99. The molecule has 1 aromatic carbocycles. The van der Waals surface area contributed by atoms with E-state index in [4.69, 9.17) is 4.74 Å². The maximum absolute atomic E-state index is 13.8. The minimum atomic E-state index is -0.0993. The smallest absolute Gasteiger partial charge is 0.126 e. The van der Waals surface area contributed by atoms with Gasteiger partial charge >= 0.3 is 0 Å². The highest BCUT2D eigenvalue weighted by Gasteiger charge is 2.20. The molecule has 3 heteroatoms. The third-order valence-electron chi connectivity index (χ3n) is 4.15. The van der Waals surface area contributed by atoms with E-state index in [0.717, 1.165) is 51.0 Å². The molecule has 0 saturated carbocycles. The Morgan fingerprint density at radius 3 is 2.75 bits per heavy atom. The quantitative estimate of drug-likeness (QED) is 0.850. The number of nitrogens with one attached hydrogen (secondary N) is 1. The maximum atomic E-state index is 13.8. The molecule has 1 unspecified atom stereocenters. The minimum Gasteiger partial charge on any atom is -0.381 e. The van der Waals surface area contributed by atoms with E-state index in [-0.39, 0.29) is 11.9 Å². The predicted octanol–water partition coefficient (Wildman–Crippen LogP) is 3.99. The van der Waals surface area contributed by atoms with Crippen molar-refractivity contribution in [3.63, 3.8) is 0 Å². The van der Waals surface area contributed by atoms with Gasteiger partial charge in [0.25, 0.3) is 0 Å². The predicted molar refractivity (Wildman–Crippen MR) is 80.3 cm³/mol. The molecule has 0 aromatic heterocycles. The van der Waals surface area contributed by atoms with Crippen LogP contribution in [0, 0.1) is 18.7 Å². The molecule has 2 rings (SSSR count). The summed E-state index contributed by atoms with van der Waals surface area (Å²) < 4.78 is 19.2. The van der Waals surface area contributed by atoms with Crippen LogP contribution in [0.25, 0.3) is 0 Å².